The maximum Gasteiger partial charge on any atom is 0.257 e. The lowest BCUT2D eigenvalue weighted by atomic mass is 10.2. The van der Waals surface area contributed by atoms with Crippen molar-refractivity contribution in [2.24, 2.45) is 0 Å². The Bertz CT molecular complexity index is 652. The molecule has 1 N–H and O–H groups in total. The molecule has 98 valence electrons. The third-order valence-electron chi connectivity index (χ3n) is 2.42. The summed E-state index contributed by atoms with van der Waals surface area (Å²) in [4.78, 5) is 27.7. The number of nitrogens with zero attached hydrogens (tertiary/aromatic N) is 1. The number of aryl methyl sites for hydroxylation is 1. The molecule has 2 rings (SSSR count). The lowest BCUT2D eigenvalue weighted by Gasteiger charge is -2.01. The van der Waals surface area contributed by atoms with Gasteiger partial charge in [-0.1, -0.05) is 17.4 Å². The number of ketones is 1. The molecule has 1 aromatic heterocycles. The number of thiazole rings is 1. The predicted octanol–water partition coefficient (Wildman–Crippen LogP) is 3.05. The molecule has 1 amide bonds. The number of benzene rings is 1. The van der Waals surface area contributed by atoms with Crippen molar-refractivity contribution >= 4 is 28.2 Å². The summed E-state index contributed by atoms with van der Waals surface area (Å²) >= 11 is 1.11. The number of carbonyl (C=O) groups excluding carboxylic acids is 2. The number of hydrogen-bond donors (Lipinski definition) is 1. The van der Waals surface area contributed by atoms with Gasteiger partial charge in [-0.3, -0.25) is 14.9 Å². The van der Waals surface area contributed by atoms with Gasteiger partial charge < -0.3 is 0 Å². The Morgan fingerprint density at radius 3 is 2.68 bits per heavy atom. The molecule has 1 heterocycles. The van der Waals surface area contributed by atoms with Crippen LogP contribution < -0.4 is 5.32 Å². The van der Waals surface area contributed by atoms with Crippen LogP contribution >= 0.6 is 11.3 Å². The van der Waals surface area contributed by atoms with Crippen molar-refractivity contribution in [2.75, 3.05) is 5.32 Å². The van der Waals surface area contributed by atoms with Crippen LogP contribution in [0.4, 0.5) is 9.52 Å². The molecular formula is C13H11FN2O2S. The van der Waals surface area contributed by atoms with Crippen LogP contribution in [0.15, 0.2) is 24.3 Å². The highest BCUT2D eigenvalue weighted by atomic mass is 32.1. The summed E-state index contributed by atoms with van der Waals surface area (Å²) in [6.45, 7) is 3.14. The number of nitrogens with one attached hydrogen (secondary N) is 1. The molecule has 1 aromatic carbocycles. The minimum atomic E-state index is -0.479. The van der Waals surface area contributed by atoms with Gasteiger partial charge in [0.05, 0.1) is 10.6 Å². The van der Waals surface area contributed by atoms with Crippen LogP contribution in [-0.2, 0) is 0 Å². The number of hydrogen-bond acceptors (Lipinski definition) is 4. The standard InChI is InChI=1S/C13H11FN2O2S/c1-7-11(8(2)17)19-13(15-7)16-12(18)9-4-3-5-10(14)6-9/h3-6H,1-2H3,(H,15,16,18). The highest BCUT2D eigenvalue weighted by molar-refractivity contribution is 7.17. The monoisotopic (exact) mass is 278 g/mol. The first kappa shape index (κ1) is 13.4. The topological polar surface area (TPSA) is 59.1 Å². The quantitative estimate of drug-likeness (QED) is 0.878. The molecule has 0 saturated carbocycles. The third kappa shape index (κ3) is 3.03. The summed E-state index contributed by atoms with van der Waals surface area (Å²) in [6, 6.07) is 5.36. The van der Waals surface area contributed by atoms with Crippen LogP contribution in [0.1, 0.15) is 32.6 Å². The fourth-order valence-electron chi connectivity index (χ4n) is 1.58. The van der Waals surface area contributed by atoms with E-state index in [9.17, 15) is 14.0 Å². The first-order chi connectivity index (χ1) is 8.97. The van der Waals surface area contributed by atoms with Crippen molar-refractivity contribution in [1.29, 1.82) is 0 Å². The second-order valence-electron chi connectivity index (χ2n) is 3.95. The number of carbonyl (C=O) groups is 2. The van der Waals surface area contributed by atoms with Crippen LogP contribution in [0.25, 0.3) is 0 Å². The number of halogens is 1. The summed E-state index contributed by atoms with van der Waals surface area (Å²) in [6.07, 6.45) is 0. The molecule has 0 saturated heterocycles. The normalized spacial score (nSPS) is 10.3. The smallest absolute Gasteiger partial charge is 0.257 e. The average molecular weight is 278 g/mol. The van der Waals surface area contributed by atoms with E-state index in [4.69, 9.17) is 0 Å². The zero-order valence-corrected chi connectivity index (χ0v) is 11.2. The Morgan fingerprint density at radius 2 is 2.11 bits per heavy atom. The fourth-order valence-corrected chi connectivity index (χ4v) is 2.43. The molecule has 0 unspecified atom stereocenters. The Kier molecular flexibility index (Phi) is 3.71. The molecule has 0 atom stereocenters. The molecule has 0 bridgehead atoms. The average Bonchev–Trinajstić information content (AvgIpc) is 2.70. The van der Waals surface area contributed by atoms with Crippen LogP contribution in [-0.4, -0.2) is 16.7 Å². The molecule has 4 nitrogen and oxygen atoms in total. The maximum absolute atomic E-state index is 13.0. The molecule has 0 aliphatic carbocycles. The molecule has 19 heavy (non-hydrogen) atoms. The van der Waals surface area contributed by atoms with Crippen molar-refractivity contribution in [1.82, 2.24) is 4.98 Å². The Labute approximate surface area is 113 Å². The second-order valence-corrected chi connectivity index (χ2v) is 4.95. The van der Waals surface area contributed by atoms with Crippen molar-refractivity contribution < 1.29 is 14.0 Å². The number of rotatable bonds is 3. The molecule has 0 aliphatic heterocycles. The zero-order valence-electron chi connectivity index (χ0n) is 10.4. The van der Waals surface area contributed by atoms with E-state index in [-0.39, 0.29) is 11.3 Å². The molecule has 0 aliphatic rings. The van der Waals surface area contributed by atoms with Gasteiger partial charge >= 0.3 is 0 Å². The molecule has 0 fully saturated rings. The van der Waals surface area contributed by atoms with Gasteiger partial charge in [-0.05, 0) is 25.1 Å². The summed E-state index contributed by atoms with van der Waals surface area (Å²) in [5.41, 5.74) is 0.782. The highest BCUT2D eigenvalue weighted by Gasteiger charge is 2.14. The van der Waals surface area contributed by atoms with E-state index in [1.807, 2.05) is 0 Å². The van der Waals surface area contributed by atoms with Gasteiger partial charge in [-0.25, -0.2) is 9.37 Å². The minimum absolute atomic E-state index is 0.0961. The van der Waals surface area contributed by atoms with E-state index in [0.29, 0.717) is 15.7 Å². The van der Waals surface area contributed by atoms with Crippen LogP contribution in [0.5, 0.6) is 0 Å². The van der Waals surface area contributed by atoms with Gasteiger partial charge in [0.15, 0.2) is 10.9 Å². The number of anilines is 1. The molecule has 0 radical (unpaired) electrons. The molecule has 2 aromatic rings. The Balaban J connectivity index is 2.20. The summed E-state index contributed by atoms with van der Waals surface area (Å²) < 4.78 is 13.0. The minimum Gasteiger partial charge on any atom is -0.298 e. The van der Waals surface area contributed by atoms with Crippen LogP contribution in [0, 0.1) is 12.7 Å². The summed E-state index contributed by atoms with van der Waals surface area (Å²) in [5, 5.41) is 2.88. The maximum atomic E-state index is 13.0. The van der Waals surface area contributed by atoms with Gasteiger partial charge in [0.1, 0.15) is 5.82 Å². The van der Waals surface area contributed by atoms with E-state index in [1.54, 1.807) is 6.92 Å². The highest BCUT2D eigenvalue weighted by Crippen LogP contribution is 2.23. The van der Waals surface area contributed by atoms with Crippen molar-refractivity contribution in [3.8, 4) is 0 Å². The lowest BCUT2D eigenvalue weighted by molar-refractivity contribution is 0.101. The molecular weight excluding hydrogens is 267 g/mol. The van der Waals surface area contributed by atoms with E-state index in [2.05, 4.69) is 10.3 Å². The largest absolute Gasteiger partial charge is 0.298 e. The van der Waals surface area contributed by atoms with E-state index < -0.39 is 11.7 Å². The lowest BCUT2D eigenvalue weighted by Crippen LogP contribution is -2.11. The van der Waals surface area contributed by atoms with E-state index in [0.717, 1.165) is 17.4 Å². The summed E-state index contributed by atoms with van der Waals surface area (Å²) in [5.74, 6) is -1.03. The molecule has 0 spiro atoms. The van der Waals surface area contributed by atoms with Gasteiger partial charge in [0.25, 0.3) is 5.91 Å². The number of aromatic nitrogens is 1. The molecule has 6 heteroatoms. The summed E-state index contributed by atoms with van der Waals surface area (Å²) in [7, 11) is 0. The van der Waals surface area contributed by atoms with Crippen LogP contribution in [0.2, 0.25) is 0 Å². The Hall–Kier alpha value is -2.08. The second kappa shape index (κ2) is 5.27. The first-order valence-electron chi connectivity index (χ1n) is 5.52. The zero-order chi connectivity index (χ0) is 14.0. The van der Waals surface area contributed by atoms with E-state index in [1.165, 1.54) is 25.1 Å². The third-order valence-corrected chi connectivity index (χ3v) is 3.60. The van der Waals surface area contributed by atoms with Crippen molar-refractivity contribution in [3.63, 3.8) is 0 Å². The Morgan fingerprint density at radius 1 is 1.37 bits per heavy atom. The van der Waals surface area contributed by atoms with Crippen LogP contribution in [0.3, 0.4) is 0 Å². The predicted molar refractivity (Wildman–Crippen MR) is 71.2 cm³/mol. The SMILES string of the molecule is CC(=O)c1sc(NC(=O)c2cccc(F)c2)nc1C. The number of amides is 1. The van der Waals surface area contributed by atoms with Crippen molar-refractivity contribution in [3.05, 3.63) is 46.2 Å². The van der Waals surface area contributed by atoms with Gasteiger partial charge in [0.2, 0.25) is 0 Å². The fraction of sp³-hybridized carbons (Fsp3) is 0.154. The van der Waals surface area contributed by atoms with Gasteiger partial charge in [-0.2, -0.15) is 0 Å². The van der Waals surface area contributed by atoms with E-state index >= 15 is 0 Å². The first-order valence-corrected chi connectivity index (χ1v) is 6.34. The van der Waals surface area contributed by atoms with Gasteiger partial charge in [-0.15, -0.1) is 0 Å². The van der Waals surface area contributed by atoms with Crippen molar-refractivity contribution in [2.45, 2.75) is 13.8 Å². The van der Waals surface area contributed by atoms with Gasteiger partial charge in [0, 0.05) is 12.5 Å². The number of Topliss-reactive ketones (excluding diaryl/α,β-unsaturated/α-hetero) is 1.